The number of hydrogen-bond acceptors (Lipinski definition) is 3. The molecule has 0 unspecified atom stereocenters. The van der Waals surface area contributed by atoms with Crippen molar-refractivity contribution in [2.45, 2.75) is 0 Å². The van der Waals surface area contributed by atoms with Crippen molar-refractivity contribution in [3.05, 3.63) is 28.2 Å². The van der Waals surface area contributed by atoms with Gasteiger partial charge in [-0.05, 0) is 18.2 Å². The van der Waals surface area contributed by atoms with Gasteiger partial charge in [-0.25, -0.2) is 9.69 Å². The first kappa shape index (κ1) is 13.6. The van der Waals surface area contributed by atoms with E-state index < -0.39 is 24.5 Å². The Hall–Kier alpha value is -1.79. The van der Waals surface area contributed by atoms with Gasteiger partial charge >= 0.3 is 12.0 Å². The van der Waals surface area contributed by atoms with E-state index in [1.165, 1.54) is 18.2 Å². The highest BCUT2D eigenvalue weighted by Crippen LogP contribution is 2.29. The van der Waals surface area contributed by atoms with Crippen LogP contribution in [0.4, 0.5) is 10.5 Å². The van der Waals surface area contributed by atoms with Gasteiger partial charge in [0.2, 0.25) is 0 Å². The van der Waals surface area contributed by atoms with Gasteiger partial charge in [0.1, 0.15) is 13.1 Å². The van der Waals surface area contributed by atoms with Gasteiger partial charge < -0.3 is 10.0 Å². The molecule has 1 fully saturated rings. The molecule has 0 bridgehead atoms. The molecule has 6 nitrogen and oxygen atoms in total. The Morgan fingerprint density at radius 3 is 2.53 bits per heavy atom. The van der Waals surface area contributed by atoms with E-state index in [-0.39, 0.29) is 17.3 Å². The van der Waals surface area contributed by atoms with Crippen LogP contribution in [0.15, 0.2) is 18.2 Å². The molecule has 0 atom stereocenters. The van der Waals surface area contributed by atoms with Gasteiger partial charge in [0.15, 0.2) is 0 Å². The number of hydrogen-bond donors (Lipinski definition) is 1. The average Bonchev–Trinajstić information content (AvgIpc) is 2.58. The molecule has 1 aromatic carbocycles. The lowest BCUT2D eigenvalue weighted by molar-refractivity contribution is -0.137. The average molecular weight is 303 g/mol. The molecule has 0 spiro atoms. The molecule has 2 rings (SSSR count). The van der Waals surface area contributed by atoms with Gasteiger partial charge in [-0.1, -0.05) is 23.2 Å². The SMILES string of the molecule is O=C(O)CN1CC(=O)N(c2ccc(Cl)c(Cl)c2)C1=O. The number of benzene rings is 1. The Kier molecular flexibility index (Phi) is 3.64. The zero-order chi connectivity index (χ0) is 14.2. The molecule has 1 saturated heterocycles. The maximum absolute atomic E-state index is 11.9. The maximum atomic E-state index is 11.9. The largest absolute Gasteiger partial charge is 0.480 e. The van der Waals surface area contributed by atoms with Gasteiger partial charge in [0, 0.05) is 0 Å². The Bertz CT molecular complexity index is 576. The molecular formula is C11H8Cl2N2O4. The fourth-order valence-corrected chi connectivity index (χ4v) is 2.01. The van der Waals surface area contributed by atoms with Crippen molar-refractivity contribution in [1.82, 2.24) is 4.90 Å². The Balaban J connectivity index is 2.29. The number of imide groups is 1. The van der Waals surface area contributed by atoms with Crippen molar-refractivity contribution in [1.29, 1.82) is 0 Å². The van der Waals surface area contributed by atoms with Crippen molar-refractivity contribution >= 4 is 46.8 Å². The molecule has 1 N–H and O–H groups in total. The molecule has 1 heterocycles. The topological polar surface area (TPSA) is 77.9 Å². The van der Waals surface area contributed by atoms with Crippen molar-refractivity contribution in [3.8, 4) is 0 Å². The van der Waals surface area contributed by atoms with E-state index in [9.17, 15) is 14.4 Å². The second kappa shape index (κ2) is 5.07. The van der Waals surface area contributed by atoms with Crippen LogP contribution < -0.4 is 4.90 Å². The zero-order valence-corrected chi connectivity index (χ0v) is 11.0. The van der Waals surface area contributed by atoms with Crippen LogP contribution in [0.3, 0.4) is 0 Å². The van der Waals surface area contributed by atoms with Crippen LogP contribution in [-0.2, 0) is 9.59 Å². The molecule has 0 radical (unpaired) electrons. The molecule has 0 saturated carbocycles. The van der Waals surface area contributed by atoms with Gasteiger partial charge in [0.05, 0.1) is 15.7 Å². The number of carboxylic acid groups (broad SMARTS) is 1. The summed E-state index contributed by atoms with van der Waals surface area (Å²) in [5, 5.41) is 9.16. The Labute approximate surface area is 118 Å². The predicted octanol–water partition coefficient (Wildman–Crippen LogP) is 1.85. The first-order valence-corrected chi connectivity index (χ1v) is 5.94. The lowest BCUT2D eigenvalue weighted by atomic mass is 10.3. The van der Waals surface area contributed by atoms with Crippen LogP contribution in [0.5, 0.6) is 0 Å². The molecular weight excluding hydrogens is 295 g/mol. The summed E-state index contributed by atoms with van der Waals surface area (Å²) in [6.07, 6.45) is 0. The number of anilines is 1. The number of rotatable bonds is 3. The summed E-state index contributed by atoms with van der Waals surface area (Å²) < 4.78 is 0. The molecule has 0 aliphatic carbocycles. The van der Waals surface area contributed by atoms with Gasteiger partial charge in [-0.2, -0.15) is 0 Å². The number of nitrogens with zero attached hydrogens (tertiary/aromatic N) is 2. The summed E-state index contributed by atoms with van der Waals surface area (Å²) in [5.41, 5.74) is 0.261. The number of aliphatic carboxylic acids is 1. The van der Waals surface area contributed by atoms with E-state index in [2.05, 4.69) is 0 Å². The minimum atomic E-state index is -1.18. The summed E-state index contributed by atoms with van der Waals surface area (Å²) in [4.78, 5) is 36.1. The van der Waals surface area contributed by atoms with E-state index >= 15 is 0 Å². The second-order valence-electron chi connectivity index (χ2n) is 3.86. The van der Waals surface area contributed by atoms with Gasteiger partial charge in [-0.3, -0.25) is 9.59 Å². The predicted molar refractivity (Wildman–Crippen MR) is 68.6 cm³/mol. The third kappa shape index (κ3) is 2.64. The Morgan fingerprint density at radius 2 is 1.95 bits per heavy atom. The smallest absolute Gasteiger partial charge is 0.332 e. The Morgan fingerprint density at radius 1 is 1.26 bits per heavy atom. The molecule has 1 aliphatic rings. The third-order valence-corrected chi connectivity index (χ3v) is 3.26. The van der Waals surface area contributed by atoms with Crippen LogP contribution in [0, 0.1) is 0 Å². The van der Waals surface area contributed by atoms with Crippen LogP contribution >= 0.6 is 23.2 Å². The summed E-state index contributed by atoms with van der Waals surface area (Å²) in [6, 6.07) is 3.61. The quantitative estimate of drug-likeness (QED) is 0.864. The standard InChI is InChI=1S/C11H8Cl2N2O4/c12-7-2-1-6(3-8(7)13)15-9(16)4-14(11(15)19)5-10(17)18/h1-3H,4-5H2,(H,17,18). The van der Waals surface area contributed by atoms with Crippen LogP contribution in [0.2, 0.25) is 10.0 Å². The summed E-state index contributed by atoms with van der Waals surface area (Å²) in [5.74, 6) is -1.69. The van der Waals surface area contributed by atoms with Gasteiger partial charge in [0.25, 0.3) is 5.91 Å². The number of urea groups is 1. The molecule has 1 aromatic rings. The number of carbonyl (C=O) groups is 3. The van der Waals surface area contributed by atoms with E-state index in [4.69, 9.17) is 28.3 Å². The fourth-order valence-electron chi connectivity index (χ4n) is 1.72. The first-order chi connectivity index (χ1) is 8.90. The van der Waals surface area contributed by atoms with Crippen molar-refractivity contribution in [2.75, 3.05) is 18.0 Å². The molecule has 0 aromatic heterocycles. The highest BCUT2D eigenvalue weighted by Gasteiger charge is 2.38. The highest BCUT2D eigenvalue weighted by atomic mass is 35.5. The number of amides is 3. The molecule has 1 aliphatic heterocycles. The lowest BCUT2D eigenvalue weighted by Gasteiger charge is -2.16. The van der Waals surface area contributed by atoms with Crippen LogP contribution in [-0.4, -0.2) is 41.0 Å². The molecule has 100 valence electrons. The van der Waals surface area contributed by atoms with E-state index in [1.54, 1.807) is 0 Å². The lowest BCUT2D eigenvalue weighted by Crippen LogP contribution is -2.35. The van der Waals surface area contributed by atoms with E-state index in [0.29, 0.717) is 5.02 Å². The van der Waals surface area contributed by atoms with Crippen molar-refractivity contribution < 1.29 is 19.5 Å². The number of carbonyl (C=O) groups excluding carboxylic acids is 2. The van der Waals surface area contributed by atoms with Crippen LogP contribution in [0.1, 0.15) is 0 Å². The van der Waals surface area contributed by atoms with Crippen molar-refractivity contribution in [2.24, 2.45) is 0 Å². The van der Waals surface area contributed by atoms with E-state index in [1.807, 2.05) is 0 Å². The monoisotopic (exact) mass is 302 g/mol. The summed E-state index contributed by atoms with van der Waals surface area (Å²) >= 11 is 11.6. The summed E-state index contributed by atoms with van der Waals surface area (Å²) in [7, 11) is 0. The zero-order valence-electron chi connectivity index (χ0n) is 9.47. The van der Waals surface area contributed by atoms with Crippen LogP contribution in [0.25, 0.3) is 0 Å². The number of carboxylic acids is 1. The minimum absolute atomic E-state index is 0.205. The maximum Gasteiger partial charge on any atom is 0.332 e. The van der Waals surface area contributed by atoms with E-state index in [0.717, 1.165) is 9.80 Å². The normalized spacial score (nSPS) is 15.3. The molecule has 3 amide bonds. The molecule has 8 heteroatoms. The first-order valence-electron chi connectivity index (χ1n) is 5.19. The number of halogens is 2. The molecule has 19 heavy (non-hydrogen) atoms. The fraction of sp³-hybridized carbons (Fsp3) is 0.182. The highest BCUT2D eigenvalue weighted by molar-refractivity contribution is 6.42. The second-order valence-corrected chi connectivity index (χ2v) is 4.67. The third-order valence-electron chi connectivity index (χ3n) is 2.52. The minimum Gasteiger partial charge on any atom is -0.480 e. The summed E-state index contributed by atoms with van der Waals surface area (Å²) in [6.45, 7) is -0.798. The van der Waals surface area contributed by atoms with Gasteiger partial charge in [-0.15, -0.1) is 0 Å². The van der Waals surface area contributed by atoms with Crippen molar-refractivity contribution in [3.63, 3.8) is 0 Å².